The highest BCUT2D eigenvalue weighted by atomic mass is 16.5. The lowest BCUT2D eigenvalue weighted by Crippen LogP contribution is -2.12. The van der Waals surface area contributed by atoms with Crippen molar-refractivity contribution in [2.75, 3.05) is 7.05 Å². The first-order valence-electron chi connectivity index (χ1n) is 2.62. The molecule has 2 heteroatoms. The largest absolute Gasteiger partial charge is 0.785 e. The van der Waals surface area contributed by atoms with E-state index in [0.717, 1.165) is 11.5 Å². The molecule has 1 fully saturated rings. The van der Waals surface area contributed by atoms with Gasteiger partial charge in [0.05, 0.1) is 0 Å². The van der Waals surface area contributed by atoms with Gasteiger partial charge in [-0.05, 0) is 19.4 Å². The molecule has 0 aliphatic heterocycles. The van der Waals surface area contributed by atoms with Gasteiger partial charge in [0.15, 0.2) is 0 Å². The van der Waals surface area contributed by atoms with Crippen molar-refractivity contribution < 1.29 is 0 Å². The topological polar surface area (TPSA) is 26.3 Å². The number of hydroxylamine groups is 2. The molecule has 0 bridgehead atoms. The van der Waals surface area contributed by atoms with Crippen molar-refractivity contribution in [3.8, 4) is 0 Å². The molecule has 2 unspecified atom stereocenters. The standard InChI is InChI=1S/C5H10NO/c1-4-3-5(4)6(2)7/h4-5H,3H2,1-2H3/q-1. The van der Waals surface area contributed by atoms with Crippen molar-refractivity contribution >= 4 is 0 Å². The minimum Gasteiger partial charge on any atom is -0.785 e. The Morgan fingerprint density at radius 3 is 2.14 bits per heavy atom. The average Bonchev–Trinajstić information content (AvgIpc) is 2.17. The fourth-order valence-corrected chi connectivity index (χ4v) is 0.809. The van der Waals surface area contributed by atoms with Gasteiger partial charge in [-0.15, -0.1) is 0 Å². The van der Waals surface area contributed by atoms with Crippen LogP contribution in [0, 0.1) is 11.1 Å². The molecule has 0 spiro atoms. The van der Waals surface area contributed by atoms with Crippen LogP contribution in [0.4, 0.5) is 0 Å². The first-order chi connectivity index (χ1) is 3.22. The monoisotopic (exact) mass is 100 g/mol. The van der Waals surface area contributed by atoms with E-state index in [4.69, 9.17) is 0 Å². The smallest absolute Gasteiger partial charge is 0.000166 e. The molecule has 0 radical (unpaired) electrons. The van der Waals surface area contributed by atoms with Gasteiger partial charge in [0.1, 0.15) is 0 Å². The normalized spacial score (nSPS) is 39.4. The van der Waals surface area contributed by atoms with Crippen molar-refractivity contribution in [2.45, 2.75) is 19.4 Å². The number of hydrogen-bond acceptors (Lipinski definition) is 2. The van der Waals surface area contributed by atoms with E-state index in [1.807, 2.05) is 0 Å². The van der Waals surface area contributed by atoms with E-state index in [-0.39, 0.29) is 0 Å². The van der Waals surface area contributed by atoms with Crippen LogP contribution in [0.1, 0.15) is 13.3 Å². The summed E-state index contributed by atoms with van der Waals surface area (Å²) in [6.07, 6.45) is 1.10. The van der Waals surface area contributed by atoms with E-state index >= 15 is 0 Å². The summed E-state index contributed by atoms with van der Waals surface area (Å²) in [6.45, 7) is 2.10. The lowest BCUT2D eigenvalue weighted by atomic mass is 10.5. The van der Waals surface area contributed by atoms with Gasteiger partial charge in [0.2, 0.25) is 0 Å². The average molecular weight is 100 g/mol. The molecule has 0 amide bonds. The Morgan fingerprint density at radius 2 is 2.14 bits per heavy atom. The van der Waals surface area contributed by atoms with Crippen LogP contribution < -0.4 is 0 Å². The second kappa shape index (κ2) is 1.46. The fraction of sp³-hybridized carbons (Fsp3) is 1.00. The molecule has 0 aromatic carbocycles. The molecule has 2 atom stereocenters. The van der Waals surface area contributed by atoms with Gasteiger partial charge in [0.25, 0.3) is 0 Å². The molecule has 1 aliphatic carbocycles. The zero-order valence-electron chi connectivity index (χ0n) is 4.72. The summed E-state index contributed by atoms with van der Waals surface area (Å²) in [7, 11) is 1.59. The highest BCUT2D eigenvalue weighted by Crippen LogP contribution is 2.32. The highest BCUT2D eigenvalue weighted by Gasteiger charge is 2.31. The van der Waals surface area contributed by atoms with Crippen LogP contribution in [0.15, 0.2) is 0 Å². The van der Waals surface area contributed by atoms with Crippen molar-refractivity contribution in [3.63, 3.8) is 0 Å². The predicted octanol–water partition coefficient (Wildman–Crippen LogP) is 0.824. The van der Waals surface area contributed by atoms with Gasteiger partial charge in [-0.25, -0.2) is 0 Å². The van der Waals surface area contributed by atoms with E-state index in [2.05, 4.69) is 6.92 Å². The first kappa shape index (κ1) is 5.06. The minimum absolute atomic E-state index is 0.347. The molecule has 0 aromatic rings. The Kier molecular flexibility index (Phi) is 1.05. The molecule has 1 aliphatic rings. The zero-order valence-corrected chi connectivity index (χ0v) is 4.72. The van der Waals surface area contributed by atoms with Gasteiger partial charge in [-0.2, -0.15) is 0 Å². The molecule has 2 nitrogen and oxygen atoms in total. The molecule has 0 saturated heterocycles. The van der Waals surface area contributed by atoms with Crippen LogP contribution in [0.3, 0.4) is 0 Å². The van der Waals surface area contributed by atoms with Crippen molar-refractivity contribution in [1.82, 2.24) is 5.06 Å². The molecule has 1 rings (SSSR count). The quantitative estimate of drug-likeness (QED) is 0.456. The molecule has 0 heterocycles. The van der Waals surface area contributed by atoms with Crippen LogP contribution in [0.25, 0.3) is 0 Å². The Labute approximate surface area is 43.7 Å². The predicted molar refractivity (Wildman–Crippen MR) is 28.7 cm³/mol. The third-order valence-electron chi connectivity index (χ3n) is 1.53. The number of hydrogen-bond donors (Lipinski definition) is 0. The summed E-state index contributed by atoms with van der Waals surface area (Å²) >= 11 is 0. The van der Waals surface area contributed by atoms with Crippen molar-refractivity contribution in [3.05, 3.63) is 5.21 Å². The third kappa shape index (κ3) is 0.924. The van der Waals surface area contributed by atoms with Crippen molar-refractivity contribution in [1.29, 1.82) is 0 Å². The molecule has 7 heavy (non-hydrogen) atoms. The van der Waals surface area contributed by atoms with Gasteiger partial charge in [-0.3, -0.25) is 0 Å². The maximum absolute atomic E-state index is 10.3. The van der Waals surface area contributed by atoms with E-state index in [1.165, 1.54) is 0 Å². The summed E-state index contributed by atoms with van der Waals surface area (Å²) in [4.78, 5) is 0. The molecule has 0 N–H and O–H groups in total. The first-order valence-corrected chi connectivity index (χ1v) is 2.62. The summed E-state index contributed by atoms with van der Waals surface area (Å²) in [6, 6.07) is 0.347. The fourth-order valence-electron chi connectivity index (χ4n) is 0.809. The Bertz CT molecular complexity index is 72.5. The Hall–Kier alpha value is -0.0800. The van der Waals surface area contributed by atoms with Crippen LogP contribution in [0.2, 0.25) is 0 Å². The Morgan fingerprint density at radius 1 is 1.71 bits per heavy atom. The number of rotatable bonds is 1. The van der Waals surface area contributed by atoms with Gasteiger partial charge < -0.3 is 10.3 Å². The molecule has 42 valence electrons. The summed E-state index contributed by atoms with van der Waals surface area (Å²) in [5.74, 6) is 0.655. The lowest BCUT2D eigenvalue weighted by molar-refractivity contribution is 0.429. The van der Waals surface area contributed by atoms with Crippen LogP contribution in [-0.2, 0) is 0 Å². The number of nitrogens with zero attached hydrogens (tertiary/aromatic N) is 1. The second-order valence-electron chi connectivity index (χ2n) is 2.33. The molecule has 0 aromatic heterocycles. The van der Waals surface area contributed by atoms with Gasteiger partial charge >= 0.3 is 0 Å². The molecule has 1 saturated carbocycles. The van der Waals surface area contributed by atoms with Gasteiger partial charge in [0, 0.05) is 6.04 Å². The van der Waals surface area contributed by atoms with E-state index in [1.54, 1.807) is 7.05 Å². The maximum Gasteiger partial charge on any atom is 0.000166 e. The second-order valence-corrected chi connectivity index (χ2v) is 2.33. The minimum atomic E-state index is 0.347. The zero-order chi connectivity index (χ0) is 5.44. The van der Waals surface area contributed by atoms with E-state index < -0.39 is 0 Å². The van der Waals surface area contributed by atoms with E-state index in [9.17, 15) is 5.21 Å². The van der Waals surface area contributed by atoms with Crippen molar-refractivity contribution in [2.24, 2.45) is 5.92 Å². The summed E-state index contributed by atoms with van der Waals surface area (Å²) in [5.41, 5.74) is 0. The summed E-state index contributed by atoms with van der Waals surface area (Å²) in [5, 5.41) is 11.4. The Balaban J connectivity index is 2.20. The van der Waals surface area contributed by atoms with E-state index in [0.29, 0.717) is 12.0 Å². The molecular formula is C5H10NO-. The van der Waals surface area contributed by atoms with Crippen LogP contribution in [-0.4, -0.2) is 18.2 Å². The SMILES string of the molecule is CC1CC1N(C)[O-]. The van der Waals surface area contributed by atoms with Gasteiger partial charge in [-0.1, -0.05) is 6.92 Å². The molecular weight excluding hydrogens is 90.1 g/mol. The van der Waals surface area contributed by atoms with Crippen LogP contribution in [0.5, 0.6) is 0 Å². The summed E-state index contributed by atoms with van der Waals surface area (Å²) < 4.78 is 0. The maximum atomic E-state index is 10.3. The highest BCUT2D eigenvalue weighted by molar-refractivity contribution is 4.90. The lowest BCUT2D eigenvalue weighted by Gasteiger charge is -2.21. The van der Waals surface area contributed by atoms with Crippen LogP contribution >= 0.6 is 0 Å². The third-order valence-corrected chi connectivity index (χ3v) is 1.53.